The Balaban J connectivity index is 1.69. The van der Waals surface area contributed by atoms with Gasteiger partial charge in [-0.05, 0) is 36.4 Å². The zero-order chi connectivity index (χ0) is 20.1. The average Bonchev–Trinajstić information content (AvgIpc) is 2.68. The van der Waals surface area contributed by atoms with E-state index in [-0.39, 0.29) is 5.69 Å². The van der Waals surface area contributed by atoms with E-state index < -0.39 is 11.6 Å². The molecule has 3 aromatic carbocycles. The molecule has 0 radical (unpaired) electrons. The molecule has 1 aliphatic heterocycles. The van der Waals surface area contributed by atoms with Crippen LogP contribution in [0.3, 0.4) is 0 Å². The monoisotopic (exact) mass is 407 g/mol. The van der Waals surface area contributed by atoms with Gasteiger partial charge in [0.15, 0.2) is 11.6 Å². The highest BCUT2D eigenvalue weighted by molar-refractivity contribution is 6.33. The van der Waals surface area contributed by atoms with Crippen LogP contribution in [0.15, 0.2) is 59.6 Å². The molecule has 4 aromatic rings. The Morgan fingerprint density at radius 1 is 0.966 bits per heavy atom. The number of benzene rings is 3. The SMILES string of the molecule is Nc1ccc(-c2nc(N=C3Nc4c(F)cc(F)cc43)c3ccccc3n2)c(Cl)c1. The summed E-state index contributed by atoms with van der Waals surface area (Å²) in [7, 11) is 0. The van der Waals surface area contributed by atoms with Crippen molar-refractivity contribution in [2.45, 2.75) is 0 Å². The van der Waals surface area contributed by atoms with Gasteiger partial charge in [0, 0.05) is 28.3 Å². The lowest BCUT2D eigenvalue weighted by atomic mass is 10.0. The highest BCUT2D eigenvalue weighted by Gasteiger charge is 2.26. The number of anilines is 2. The third kappa shape index (κ3) is 2.96. The van der Waals surface area contributed by atoms with E-state index in [2.05, 4.69) is 20.3 Å². The Morgan fingerprint density at radius 3 is 2.62 bits per heavy atom. The number of para-hydroxylation sites is 1. The molecule has 0 saturated heterocycles. The molecular formula is C21H12ClF2N5. The second kappa shape index (κ2) is 6.49. The van der Waals surface area contributed by atoms with Crippen LogP contribution in [0.1, 0.15) is 5.56 Å². The summed E-state index contributed by atoms with van der Waals surface area (Å²) in [5.41, 5.74) is 8.14. The fraction of sp³-hybridized carbons (Fsp3) is 0. The Kier molecular flexibility index (Phi) is 3.92. The highest BCUT2D eigenvalue weighted by Crippen LogP contribution is 2.35. The zero-order valence-corrected chi connectivity index (χ0v) is 15.5. The first kappa shape index (κ1) is 17.5. The summed E-state index contributed by atoms with van der Waals surface area (Å²) in [6.45, 7) is 0. The summed E-state index contributed by atoms with van der Waals surface area (Å²) >= 11 is 6.32. The van der Waals surface area contributed by atoms with Crippen LogP contribution < -0.4 is 11.1 Å². The van der Waals surface area contributed by atoms with Gasteiger partial charge in [-0.25, -0.2) is 23.7 Å². The first-order chi connectivity index (χ1) is 14.0. The maximum Gasteiger partial charge on any atom is 0.166 e. The number of amidine groups is 1. The van der Waals surface area contributed by atoms with Crippen molar-refractivity contribution >= 4 is 45.5 Å². The molecule has 8 heteroatoms. The van der Waals surface area contributed by atoms with E-state index in [1.807, 2.05) is 24.3 Å². The van der Waals surface area contributed by atoms with Gasteiger partial charge in [-0.15, -0.1) is 0 Å². The van der Waals surface area contributed by atoms with Crippen LogP contribution in [-0.2, 0) is 0 Å². The molecule has 29 heavy (non-hydrogen) atoms. The summed E-state index contributed by atoms with van der Waals surface area (Å²) in [5, 5.41) is 3.92. The van der Waals surface area contributed by atoms with Gasteiger partial charge in [0.1, 0.15) is 17.5 Å². The van der Waals surface area contributed by atoms with Gasteiger partial charge in [0.05, 0.1) is 16.2 Å². The summed E-state index contributed by atoms with van der Waals surface area (Å²) < 4.78 is 27.4. The number of hydrogen-bond acceptors (Lipinski definition) is 4. The van der Waals surface area contributed by atoms with E-state index in [4.69, 9.17) is 17.3 Å². The van der Waals surface area contributed by atoms with Crippen molar-refractivity contribution in [1.82, 2.24) is 9.97 Å². The van der Waals surface area contributed by atoms with E-state index >= 15 is 0 Å². The lowest BCUT2D eigenvalue weighted by Gasteiger charge is -2.24. The van der Waals surface area contributed by atoms with Gasteiger partial charge in [0.2, 0.25) is 0 Å². The first-order valence-corrected chi connectivity index (χ1v) is 9.05. The van der Waals surface area contributed by atoms with Gasteiger partial charge in [0.25, 0.3) is 0 Å². The van der Waals surface area contributed by atoms with E-state index in [0.717, 1.165) is 6.07 Å². The van der Waals surface area contributed by atoms with Crippen molar-refractivity contribution < 1.29 is 8.78 Å². The van der Waals surface area contributed by atoms with E-state index in [9.17, 15) is 8.78 Å². The molecule has 0 aliphatic carbocycles. The molecule has 3 N–H and O–H groups in total. The average molecular weight is 408 g/mol. The zero-order valence-electron chi connectivity index (χ0n) is 14.7. The second-order valence-corrected chi connectivity index (χ2v) is 6.93. The molecule has 0 spiro atoms. The Labute approximate surface area is 168 Å². The van der Waals surface area contributed by atoms with Crippen LogP contribution in [0.25, 0.3) is 22.3 Å². The molecule has 1 aromatic heterocycles. The van der Waals surface area contributed by atoms with Crippen LogP contribution in [0, 0.1) is 11.6 Å². The maximum atomic E-state index is 13.8. The topological polar surface area (TPSA) is 76.2 Å². The Hall–Kier alpha value is -3.58. The lowest BCUT2D eigenvalue weighted by Crippen LogP contribution is -2.27. The van der Waals surface area contributed by atoms with Gasteiger partial charge >= 0.3 is 0 Å². The van der Waals surface area contributed by atoms with E-state index in [1.165, 1.54) is 6.07 Å². The lowest BCUT2D eigenvalue weighted by molar-refractivity contribution is 0.584. The maximum absolute atomic E-state index is 13.8. The minimum absolute atomic E-state index is 0.213. The summed E-state index contributed by atoms with van der Waals surface area (Å²) in [4.78, 5) is 13.6. The number of aliphatic imine (C=N–C) groups is 1. The molecular weight excluding hydrogens is 396 g/mol. The molecule has 0 unspecified atom stereocenters. The summed E-state index contributed by atoms with van der Waals surface area (Å²) in [5.74, 6) is -0.274. The molecule has 0 atom stereocenters. The number of rotatable bonds is 2. The predicted molar refractivity (Wildman–Crippen MR) is 111 cm³/mol. The summed E-state index contributed by atoms with van der Waals surface area (Å²) in [6, 6.07) is 14.5. The van der Waals surface area contributed by atoms with Crippen molar-refractivity contribution in [2.24, 2.45) is 4.99 Å². The fourth-order valence-electron chi connectivity index (χ4n) is 3.18. The molecule has 0 bridgehead atoms. The number of halogens is 3. The van der Waals surface area contributed by atoms with Gasteiger partial charge < -0.3 is 11.1 Å². The minimum Gasteiger partial charge on any atom is -0.399 e. The molecule has 0 fully saturated rings. The Bertz CT molecular complexity index is 1340. The quantitative estimate of drug-likeness (QED) is 0.441. The number of nitrogens with one attached hydrogen (secondary N) is 1. The first-order valence-electron chi connectivity index (χ1n) is 8.67. The van der Waals surface area contributed by atoms with Gasteiger partial charge in [-0.2, -0.15) is 0 Å². The number of hydrogen-bond donors (Lipinski definition) is 2. The second-order valence-electron chi connectivity index (χ2n) is 6.52. The van der Waals surface area contributed by atoms with Crippen LogP contribution in [0.2, 0.25) is 5.02 Å². The third-order valence-electron chi connectivity index (χ3n) is 4.59. The minimum atomic E-state index is -0.669. The molecule has 0 amide bonds. The molecule has 142 valence electrons. The molecule has 0 saturated carbocycles. The summed E-state index contributed by atoms with van der Waals surface area (Å²) in [6.07, 6.45) is 0. The number of fused-ring (bicyclic) bond motifs is 2. The van der Waals surface area contributed by atoms with Crippen molar-refractivity contribution in [3.63, 3.8) is 0 Å². The van der Waals surface area contributed by atoms with Crippen molar-refractivity contribution in [3.8, 4) is 11.4 Å². The van der Waals surface area contributed by atoms with E-state index in [0.29, 0.717) is 50.2 Å². The smallest absolute Gasteiger partial charge is 0.166 e. The highest BCUT2D eigenvalue weighted by atomic mass is 35.5. The largest absolute Gasteiger partial charge is 0.399 e. The Morgan fingerprint density at radius 2 is 1.79 bits per heavy atom. The number of nitrogens with two attached hydrogens (primary N) is 1. The van der Waals surface area contributed by atoms with Crippen molar-refractivity contribution in [1.29, 1.82) is 0 Å². The van der Waals surface area contributed by atoms with Crippen LogP contribution in [0.4, 0.5) is 26.0 Å². The number of aromatic nitrogens is 2. The fourth-order valence-corrected chi connectivity index (χ4v) is 3.46. The van der Waals surface area contributed by atoms with Gasteiger partial charge in [-0.3, -0.25) is 0 Å². The molecule has 1 aliphatic rings. The van der Waals surface area contributed by atoms with E-state index in [1.54, 1.807) is 18.2 Å². The standard InChI is InChI=1S/C21H12ClF2N5/c22-15-9-11(25)5-6-12(15)19-26-17-4-2-1-3-13(17)20(28-19)29-21-14-7-10(23)8-16(24)18(14)27-21/h1-9H,25H2,(H,26,27,28,29). The van der Waals surface area contributed by atoms with Crippen molar-refractivity contribution in [2.75, 3.05) is 11.1 Å². The third-order valence-corrected chi connectivity index (χ3v) is 4.90. The molecule has 2 heterocycles. The van der Waals surface area contributed by atoms with Gasteiger partial charge in [-0.1, -0.05) is 23.7 Å². The van der Waals surface area contributed by atoms with Crippen molar-refractivity contribution in [3.05, 3.63) is 76.8 Å². The van der Waals surface area contributed by atoms with Crippen LogP contribution in [-0.4, -0.2) is 15.8 Å². The molecule has 5 nitrogen and oxygen atoms in total. The number of nitrogen functional groups attached to an aromatic ring is 1. The normalized spacial score (nSPS) is 13.8. The van der Waals surface area contributed by atoms with Crippen LogP contribution >= 0.6 is 11.6 Å². The predicted octanol–water partition coefficient (Wildman–Crippen LogP) is 5.31. The molecule has 5 rings (SSSR count). The number of nitrogens with zero attached hydrogens (tertiary/aromatic N) is 3. The van der Waals surface area contributed by atoms with Crippen LogP contribution in [0.5, 0.6) is 0 Å².